The largest absolute Gasteiger partial charge is 0.312 e. The van der Waals surface area contributed by atoms with Crippen molar-refractivity contribution in [2.24, 2.45) is 0 Å². The van der Waals surface area contributed by atoms with Crippen molar-refractivity contribution >= 4 is 17.4 Å². The van der Waals surface area contributed by atoms with Crippen molar-refractivity contribution in [2.45, 2.75) is 39.0 Å². The molecule has 3 rings (SSSR count). The summed E-state index contributed by atoms with van der Waals surface area (Å²) in [6.07, 6.45) is 4.03. The van der Waals surface area contributed by atoms with Crippen molar-refractivity contribution in [3.8, 4) is 0 Å². The minimum Gasteiger partial charge on any atom is -0.312 e. The lowest BCUT2D eigenvalue weighted by atomic mass is 9.95. The highest BCUT2D eigenvalue weighted by molar-refractivity contribution is 6.02. The quantitative estimate of drug-likeness (QED) is 0.814. The maximum Gasteiger partial charge on any atom is 0.231 e. The third-order valence-electron chi connectivity index (χ3n) is 3.83. The second kappa shape index (κ2) is 4.23. The number of aryl methyl sites for hydroxylation is 2. The Hall–Kier alpha value is -1.64. The number of hydrogen-bond acceptors (Lipinski definition) is 2. The lowest BCUT2D eigenvalue weighted by Crippen LogP contribution is -2.31. The number of carbonyl (C=O) groups is 2. The molecule has 0 aromatic heterocycles. The fourth-order valence-electron chi connectivity index (χ4n) is 3.02. The number of Topliss-reactive ketones (excluding diaryl/α,β-unsaturated/α-hetero) is 1. The zero-order valence-corrected chi connectivity index (χ0v) is 10.7. The number of hydrogen-bond donors (Lipinski definition) is 0. The van der Waals surface area contributed by atoms with Crippen LogP contribution < -0.4 is 4.90 Å². The van der Waals surface area contributed by atoms with Crippen LogP contribution in [0, 0.1) is 0 Å². The molecule has 1 amide bonds. The molecule has 1 aromatic carbocycles. The third-order valence-corrected chi connectivity index (χ3v) is 3.83. The van der Waals surface area contributed by atoms with Crippen LogP contribution in [0.4, 0.5) is 5.69 Å². The molecule has 3 heteroatoms. The average molecular weight is 243 g/mol. The Labute approximate surface area is 107 Å². The molecule has 2 heterocycles. The van der Waals surface area contributed by atoms with Crippen LogP contribution in [0.3, 0.4) is 0 Å². The van der Waals surface area contributed by atoms with E-state index in [1.165, 1.54) is 11.1 Å². The lowest BCUT2D eigenvalue weighted by molar-refractivity contribution is -0.118. The van der Waals surface area contributed by atoms with Gasteiger partial charge in [0.2, 0.25) is 5.91 Å². The Kier molecular flexibility index (Phi) is 2.69. The predicted molar refractivity (Wildman–Crippen MR) is 69.8 cm³/mol. The molecule has 0 fully saturated rings. The summed E-state index contributed by atoms with van der Waals surface area (Å²) in [6, 6.07) is 4.30. The van der Waals surface area contributed by atoms with Crippen molar-refractivity contribution in [2.75, 3.05) is 11.4 Å². The highest BCUT2D eigenvalue weighted by Gasteiger charge is 2.32. The van der Waals surface area contributed by atoms with Crippen molar-refractivity contribution < 1.29 is 9.59 Å². The van der Waals surface area contributed by atoms with Gasteiger partial charge in [0.25, 0.3) is 0 Å². The van der Waals surface area contributed by atoms with Gasteiger partial charge in [-0.3, -0.25) is 4.79 Å². The van der Waals surface area contributed by atoms with Gasteiger partial charge in [-0.15, -0.1) is 0 Å². The summed E-state index contributed by atoms with van der Waals surface area (Å²) in [5.74, 6) is 0.455. The summed E-state index contributed by atoms with van der Waals surface area (Å²) < 4.78 is 0. The van der Waals surface area contributed by atoms with E-state index in [0.717, 1.165) is 37.1 Å². The number of carbonyl (C=O) groups excluding carboxylic acids is 2. The van der Waals surface area contributed by atoms with Crippen molar-refractivity contribution in [1.29, 1.82) is 0 Å². The molecule has 0 spiro atoms. The molecule has 0 N–H and O–H groups in total. The Bertz CT molecular complexity index is 534. The van der Waals surface area contributed by atoms with Crippen LogP contribution in [-0.2, 0) is 28.9 Å². The van der Waals surface area contributed by atoms with Gasteiger partial charge in [-0.25, -0.2) is 0 Å². The zero-order valence-electron chi connectivity index (χ0n) is 10.7. The first kappa shape index (κ1) is 11.5. The van der Waals surface area contributed by atoms with Crippen LogP contribution in [0.5, 0.6) is 0 Å². The van der Waals surface area contributed by atoms with Crippen LogP contribution >= 0.6 is 0 Å². The smallest absolute Gasteiger partial charge is 0.231 e. The molecular formula is C15H17NO2. The van der Waals surface area contributed by atoms with Crippen LogP contribution in [-0.4, -0.2) is 18.2 Å². The minimum absolute atomic E-state index is 0.224. The molecule has 94 valence electrons. The number of anilines is 1. The van der Waals surface area contributed by atoms with E-state index in [0.29, 0.717) is 12.8 Å². The van der Waals surface area contributed by atoms with E-state index in [1.807, 2.05) is 4.90 Å². The van der Waals surface area contributed by atoms with Gasteiger partial charge < -0.3 is 9.69 Å². The summed E-state index contributed by atoms with van der Waals surface area (Å²) in [4.78, 5) is 24.9. The second-order valence-corrected chi connectivity index (χ2v) is 5.29. The highest BCUT2D eigenvalue weighted by Crippen LogP contribution is 2.37. The number of amides is 1. The zero-order chi connectivity index (χ0) is 12.7. The molecule has 0 unspecified atom stereocenters. The first-order chi connectivity index (χ1) is 8.65. The van der Waals surface area contributed by atoms with Crippen LogP contribution in [0.1, 0.15) is 36.5 Å². The number of rotatable bonds is 3. The van der Waals surface area contributed by atoms with Crippen LogP contribution in [0.25, 0.3) is 0 Å². The first-order valence-electron chi connectivity index (χ1n) is 6.59. The SMILES string of the molecule is CC(=O)CCc1cc2c3c(c1)CC(=O)N3CCC2. The lowest BCUT2D eigenvalue weighted by Gasteiger charge is -2.26. The molecule has 0 aliphatic carbocycles. The molecular weight excluding hydrogens is 226 g/mol. The standard InChI is InChI=1S/C15H17NO2/c1-10(17)4-5-11-7-12-3-2-6-16-14(18)9-13(8-11)15(12)16/h7-8H,2-6,9H2,1H3. The summed E-state index contributed by atoms with van der Waals surface area (Å²) in [7, 11) is 0. The normalized spacial score (nSPS) is 16.9. The van der Waals surface area contributed by atoms with Gasteiger partial charge >= 0.3 is 0 Å². The maximum absolute atomic E-state index is 11.9. The van der Waals surface area contributed by atoms with Gasteiger partial charge in [-0.2, -0.15) is 0 Å². The third kappa shape index (κ3) is 1.84. The van der Waals surface area contributed by atoms with Gasteiger partial charge in [0.05, 0.1) is 12.1 Å². The fourth-order valence-corrected chi connectivity index (χ4v) is 3.02. The molecule has 2 aliphatic heterocycles. The van der Waals surface area contributed by atoms with E-state index < -0.39 is 0 Å². The van der Waals surface area contributed by atoms with Crippen molar-refractivity contribution in [3.05, 3.63) is 28.8 Å². The summed E-state index contributed by atoms with van der Waals surface area (Å²) in [5.41, 5.74) is 4.83. The Morgan fingerprint density at radius 3 is 2.89 bits per heavy atom. The average Bonchev–Trinajstić information content (AvgIpc) is 2.66. The summed E-state index contributed by atoms with van der Waals surface area (Å²) >= 11 is 0. The van der Waals surface area contributed by atoms with Gasteiger partial charge in [0.1, 0.15) is 5.78 Å². The van der Waals surface area contributed by atoms with E-state index in [1.54, 1.807) is 6.92 Å². The van der Waals surface area contributed by atoms with Crippen LogP contribution in [0.15, 0.2) is 12.1 Å². The molecule has 0 radical (unpaired) electrons. The van der Waals surface area contributed by atoms with Crippen molar-refractivity contribution in [1.82, 2.24) is 0 Å². The van der Waals surface area contributed by atoms with Gasteiger partial charge in [0, 0.05) is 13.0 Å². The predicted octanol–water partition coefficient (Wildman–Crippen LogP) is 2.04. The molecule has 1 aromatic rings. The van der Waals surface area contributed by atoms with Gasteiger partial charge in [-0.1, -0.05) is 12.1 Å². The maximum atomic E-state index is 11.9. The van der Waals surface area contributed by atoms with Crippen molar-refractivity contribution in [3.63, 3.8) is 0 Å². The molecule has 2 aliphatic rings. The molecule has 3 nitrogen and oxygen atoms in total. The number of ketones is 1. The van der Waals surface area contributed by atoms with Gasteiger partial charge in [0.15, 0.2) is 0 Å². The Balaban J connectivity index is 1.96. The second-order valence-electron chi connectivity index (χ2n) is 5.29. The molecule has 0 atom stereocenters. The fraction of sp³-hybridized carbons (Fsp3) is 0.467. The van der Waals surface area contributed by atoms with E-state index >= 15 is 0 Å². The summed E-state index contributed by atoms with van der Waals surface area (Å²) in [5, 5.41) is 0. The van der Waals surface area contributed by atoms with Gasteiger partial charge in [-0.05, 0) is 42.9 Å². The molecule has 18 heavy (non-hydrogen) atoms. The molecule has 0 bridgehead atoms. The Morgan fingerprint density at radius 2 is 2.11 bits per heavy atom. The number of benzene rings is 1. The topological polar surface area (TPSA) is 37.4 Å². The van der Waals surface area contributed by atoms with Crippen LogP contribution in [0.2, 0.25) is 0 Å². The number of nitrogens with zero attached hydrogens (tertiary/aromatic N) is 1. The Morgan fingerprint density at radius 1 is 1.33 bits per heavy atom. The molecule has 0 saturated heterocycles. The highest BCUT2D eigenvalue weighted by atomic mass is 16.2. The van der Waals surface area contributed by atoms with E-state index in [2.05, 4.69) is 12.1 Å². The minimum atomic E-state index is 0.224. The molecule has 0 saturated carbocycles. The first-order valence-corrected chi connectivity index (χ1v) is 6.59. The van der Waals surface area contributed by atoms with E-state index in [9.17, 15) is 9.59 Å². The monoisotopic (exact) mass is 243 g/mol. The van der Waals surface area contributed by atoms with E-state index in [4.69, 9.17) is 0 Å². The summed E-state index contributed by atoms with van der Waals surface area (Å²) in [6.45, 7) is 2.49. The van der Waals surface area contributed by atoms with E-state index in [-0.39, 0.29) is 11.7 Å².